The molecule has 0 unspecified atom stereocenters. The van der Waals surface area contributed by atoms with Gasteiger partial charge >= 0.3 is 5.97 Å². The summed E-state index contributed by atoms with van der Waals surface area (Å²) in [4.78, 5) is 17.2. The first-order valence-corrected chi connectivity index (χ1v) is 5.95. The molecule has 0 radical (unpaired) electrons. The molecular formula is C14H15N3O2. The number of benzene rings is 1. The highest BCUT2D eigenvalue weighted by atomic mass is 16.4. The number of carbonyl (C=O) groups is 1. The summed E-state index contributed by atoms with van der Waals surface area (Å²) >= 11 is 0. The van der Waals surface area contributed by atoms with Crippen molar-refractivity contribution < 1.29 is 9.90 Å². The zero-order chi connectivity index (χ0) is 13.8. The van der Waals surface area contributed by atoms with Gasteiger partial charge in [-0.25, -0.2) is 9.78 Å². The monoisotopic (exact) mass is 257 g/mol. The molecule has 0 atom stereocenters. The number of anilines is 3. The Balaban J connectivity index is 2.51. The van der Waals surface area contributed by atoms with E-state index in [-0.39, 0.29) is 11.3 Å². The van der Waals surface area contributed by atoms with Crippen LogP contribution in [-0.2, 0) is 0 Å². The van der Waals surface area contributed by atoms with Crippen molar-refractivity contribution in [1.82, 2.24) is 4.98 Å². The highest BCUT2D eigenvalue weighted by molar-refractivity contribution is 5.96. The minimum Gasteiger partial charge on any atom is -0.478 e. The Labute approximate surface area is 111 Å². The van der Waals surface area contributed by atoms with Gasteiger partial charge in [0.15, 0.2) is 5.82 Å². The van der Waals surface area contributed by atoms with Crippen LogP contribution in [-0.4, -0.2) is 22.6 Å². The highest BCUT2D eigenvalue weighted by Gasteiger charge is 2.17. The van der Waals surface area contributed by atoms with Gasteiger partial charge in [-0.3, -0.25) is 0 Å². The fraction of sp³-hybridized carbons (Fsp3) is 0.143. The summed E-state index contributed by atoms with van der Waals surface area (Å²) in [5.74, 6) is -0.584. The summed E-state index contributed by atoms with van der Waals surface area (Å²) in [5.41, 5.74) is 7.09. The van der Waals surface area contributed by atoms with Gasteiger partial charge < -0.3 is 15.7 Å². The van der Waals surface area contributed by atoms with Crippen molar-refractivity contribution in [3.05, 3.63) is 48.2 Å². The molecule has 1 aromatic heterocycles. The lowest BCUT2D eigenvalue weighted by atomic mass is 10.2. The predicted octanol–water partition coefficient (Wildman–Crippen LogP) is 2.52. The van der Waals surface area contributed by atoms with E-state index in [0.717, 1.165) is 5.69 Å². The number of para-hydroxylation sites is 1. The minimum atomic E-state index is -1.05. The van der Waals surface area contributed by atoms with E-state index in [1.54, 1.807) is 0 Å². The lowest BCUT2D eigenvalue weighted by molar-refractivity contribution is 0.0698. The largest absolute Gasteiger partial charge is 0.478 e. The molecule has 19 heavy (non-hydrogen) atoms. The molecule has 0 spiro atoms. The second-order valence-electron chi connectivity index (χ2n) is 3.98. The lowest BCUT2D eigenvalue weighted by Gasteiger charge is -2.23. The number of rotatable bonds is 4. The van der Waals surface area contributed by atoms with Gasteiger partial charge in [0.25, 0.3) is 0 Å². The molecule has 0 bridgehead atoms. The molecule has 0 amide bonds. The number of nitrogens with zero attached hydrogens (tertiary/aromatic N) is 2. The van der Waals surface area contributed by atoms with Gasteiger partial charge in [-0.15, -0.1) is 0 Å². The van der Waals surface area contributed by atoms with Crippen molar-refractivity contribution in [1.29, 1.82) is 0 Å². The Kier molecular flexibility index (Phi) is 3.66. The van der Waals surface area contributed by atoms with Crippen molar-refractivity contribution in [2.24, 2.45) is 0 Å². The SMILES string of the molecule is CCN(c1ccccc1)c1nccc(C(=O)O)c1N. The Bertz CT molecular complexity index is 584. The molecule has 2 aromatic rings. The van der Waals surface area contributed by atoms with Crippen LogP contribution < -0.4 is 10.6 Å². The Hall–Kier alpha value is -2.56. The average Bonchev–Trinajstić information content (AvgIpc) is 2.42. The van der Waals surface area contributed by atoms with Crippen LogP contribution in [0.5, 0.6) is 0 Å². The maximum atomic E-state index is 11.1. The summed E-state index contributed by atoms with van der Waals surface area (Å²) < 4.78 is 0. The van der Waals surface area contributed by atoms with Gasteiger partial charge in [-0.2, -0.15) is 0 Å². The number of pyridine rings is 1. The molecule has 0 fully saturated rings. The molecule has 0 aliphatic rings. The smallest absolute Gasteiger partial charge is 0.337 e. The first-order valence-electron chi connectivity index (χ1n) is 5.95. The number of aromatic carboxylic acids is 1. The number of nitrogens with two attached hydrogens (primary N) is 1. The molecule has 98 valence electrons. The molecule has 5 heteroatoms. The number of nitrogen functional groups attached to an aromatic ring is 1. The van der Waals surface area contributed by atoms with Gasteiger partial charge in [-0.1, -0.05) is 18.2 Å². The van der Waals surface area contributed by atoms with E-state index in [1.807, 2.05) is 42.2 Å². The van der Waals surface area contributed by atoms with Crippen LogP contribution in [0.1, 0.15) is 17.3 Å². The summed E-state index contributed by atoms with van der Waals surface area (Å²) in [5, 5.41) is 9.09. The summed E-state index contributed by atoms with van der Waals surface area (Å²) in [6, 6.07) is 11.0. The van der Waals surface area contributed by atoms with Crippen molar-refractivity contribution in [2.75, 3.05) is 17.2 Å². The van der Waals surface area contributed by atoms with E-state index in [1.165, 1.54) is 12.3 Å². The van der Waals surface area contributed by atoms with Gasteiger partial charge in [0.1, 0.15) is 0 Å². The van der Waals surface area contributed by atoms with Crippen LogP contribution in [0, 0.1) is 0 Å². The molecule has 1 aromatic carbocycles. The average molecular weight is 257 g/mol. The maximum absolute atomic E-state index is 11.1. The fourth-order valence-electron chi connectivity index (χ4n) is 1.93. The molecule has 0 saturated carbocycles. The third kappa shape index (κ3) is 2.49. The standard InChI is InChI=1S/C14H15N3O2/c1-2-17(10-6-4-3-5-7-10)13-12(15)11(14(18)19)8-9-16-13/h3-9H,2,15H2,1H3,(H,18,19). The van der Waals surface area contributed by atoms with E-state index in [9.17, 15) is 4.79 Å². The fourth-order valence-corrected chi connectivity index (χ4v) is 1.93. The zero-order valence-corrected chi connectivity index (χ0v) is 10.6. The molecule has 0 saturated heterocycles. The molecule has 2 rings (SSSR count). The normalized spacial score (nSPS) is 10.2. The van der Waals surface area contributed by atoms with Gasteiger partial charge in [-0.05, 0) is 25.1 Å². The molecule has 3 N–H and O–H groups in total. The Morgan fingerprint density at radius 1 is 1.32 bits per heavy atom. The Morgan fingerprint density at radius 3 is 2.58 bits per heavy atom. The molecule has 5 nitrogen and oxygen atoms in total. The van der Waals surface area contributed by atoms with Gasteiger partial charge in [0.2, 0.25) is 0 Å². The van der Waals surface area contributed by atoms with Gasteiger partial charge in [0, 0.05) is 18.4 Å². The highest BCUT2D eigenvalue weighted by Crippen LogP contribution is 2.29. The van der Waals surface area contributed by atoms with Crippen molar-refractivity contribution >= 4 is 23.2 Å². The number of hydrogen-bond acceptors (Lipinski definition) is 4. The van der Waals surface area contributed by atoms with Gasteiger partial charge in [0.05, 0.1) is 11.3 Å². The van der Waals surface area contributed by atoms with Crippen molar-refractivity contribution in [2.45, 2.75) is 6.92 Å². The van der Waals surface area contributed by atoms with E-state index in [0.29, 0.717) is 12.4 Å². The molecule has 1 heterocycles. The lowest BCUT2D eigenvalue weighted by Crippen LogP contribution is -2.20. The molecular weight excluding hydrogens is 242 g/mol. The zero-order valence-electron chi connectivity index (χ0n) is 10.6. The maximum Gasteiger partial charge on any atom is 0.337 e. The third-order valence-electron chi connectivity index (χ3n) is 2.84. The minimum absolute atomic E-state index is 0.0689. The first-order chi connectivity index (χ1) is 9.15. The second kappa shape index (κ2) is 5.39. The summed E-state index contributed by atoms with van der Waals surface area (Å²) in [7, 11) is 0. The molecule has 0 aliphatic carbocycles. The Morgan fingerprint density at radius 2 is 2.00 bits per heavy atom. The van der Waals surface area contributed by atoms with Crippen molar-refractivity contribution in [3.63, 3.8) is 0 Å². The number of hydrogen-bond donors (Lipinski definition) is 2. The number of aromatic nitrogens is 1. The summed E-state index contributed by atoms with van der Waals surface area (Å²) in [6.45, 7) is 2.60. The second-order valence-corrected chi connectivity index (χ2v) is 3.98. The van der Waals surface area contributed by atoms with E-state index in [2.05, 4.69) is 4.98 Å². The van der Waals surface area contributed by atoms with Crippen molar-refractivity contribution in [3.8, 4) is 0 Å². The number of carboxylic acids is 1. The summed E-state index contributed by atoms with van der Waals surface area (Å²) in [6.07, 6.45) is 1.46. The van der Waals surface area contributed by atoms with Crippen LogP contribution in [0.15, 0.2) is 42.6 Å². The van der Waals surface area contributed by atoms with E-state index >= 15 is 0 Å². The predicted molar refractivity (Wildman–Crippen MR) is 74.7 cm³/mol. The van der Waals surface area contributed by atoms with Crippen LogP contribution in [0.2, 0.25) is 0 Å². The van der Waals surface area contributed by atoms with Crippen LogP contribution >= 0.6 is 0 Å². The van der Waals surface area contributed by atoms with Crippen LogP contribution in [0.4, 0.5) is 17.2 Å². The van der Waals surface area contributed by atoms with E-state index in [4.69, 9.17) is 10.8 Å². The van der Waals surface area contributed by atoms with Crippen LogP contribution in [0.3, 0.4) is 0 Å². The number of carboxylic acid groups (broad SMARTS) is 1. The van der Waals surface area contributed by atoms with E-state index < -0.39 is 5.97 Å². The quantitative estimate of drug-likeness (QED) is 0.879. The first kappa shape index (κ1) is 12.9. The molecule has 0 aliphatic heterocycles. The topological polar surface area (TPSA) is 79.5 Å². The van der Waals surface area contributed by atoms with Crippen LogP contribution in [0.25, 0.3) is 0 Å². The third-order valence-corrected chi connectivity index (χ3v) is 2.84.